The fraction of sp³-hybridized carbons (Fsp3) is 0.192. The predicted octanol–water partition coefficient (Wildman–Crippen LogP) is 1.50. The summed E-state index contributed by atoms with van der Waals surface area (Å²) >= 11 is 0. The van der Waals surface area contributed by atoms with E-state index in [0.717, 1.165) is 0 Å². The summed E-state index contributed by atoms with van der Waals surface area (Å²) in [5, 5.41) is 25.2. The number of rotatable bonds is 8. The molecular weight excluding hydrogens is 508 g/mol. The van der Waals surface area contributed by atoms with Gasteiger partial charge in [0.1, 0.15) is 11.9 Å². The number of piperazine rings is 1. The Bertz CT molecular complexity index is 1480. The highest BCUT2D eigenvalue weighted by molar-refractivity contribution is 7.89. The fourth-order valence-electron chi connectivity index (χ4n) is 4.47. The second kappa shape index (κ2) is 11.0. The summed E-state index contributed by atoms with van der Waals surface area (Å²) < 4.78 is 23.9. The summed E-state index contributed by atoms with van der Waals surface area (Å²) in [6.07, 6.45) is 0. The van der Waals surface area contributed by atoms with Crippen molar-refractivity contribution in [2.24, 2.45) is 10.9 Å². The smallest absolute Gasteiger partial charge is 0.317 e. The van der Waals surface area contributed by atoms with Gasteiger partial charge in [0.15, 0.2) is 0 Å². The molecule has 1 saturated heterocycles. The van der Waals surface area contributed by atoms with E-state index in [2.05, 4.69) is 5.32 Å². The SMILES string of the molecule is N=C(N)c1cccc(N2CCN(CC(=O)O)CC2C(=O)Nc2ccc(-c3ccccc3S(N)(=O)=O)cc2)c1. The molecule has 1 aliphatic rings. The van der Waals surface area contributed by atoms with E-state index in [-0.39, 0.29) is 29.7 Å². The molecule has 0 aromatic heterocycles. The first-order valence-corrected chi connectivity index (χ1v) is 13.3. The highest BCUT2D eigenvalue weighted by Gasteiger charge is 2.33. The Balaban J connectivity index is 1.58. The lowest BCUT2D eigenvalue weighted by Crippen LogP contribution is -2.58. The first kappa shape index (κ1) is 26.8. The number of nitrogens with two attached hydrogens (primary N) is 2. The average molecular weight is 537 g/mol. The van der Waals surface area contributed by atoms with Crippen molar-refractivity contribution in [3.05, 3.63) is 78.4 Å². The van der Waals surface area contributed by atoms with E-state index < -0.39 is 22.0 Å². The van der Waals surface area contributed by atoms with Gasteiger partial charge < -0.3 is 21.1 Å². The molecule has 0 aliphatic carbocycles. The third kappa shape index (κ3) is 6.17. The van der Waals surface area contributed by atoms with Crippen LogP contribution in [-0.4, -0.2) is 68.4 Å². The van der Waals surface area contributed by atoms with Gasteiger partial charge in [-0.3, -0.25) is 19.9 Å². The third-order valence-corrected chi connectivity index (χ3v) is 7.24. The second-order valence-electron chi connectivity index (χ2n) is 8.91. The number of benzene rings is 3. The maximum absolute atomic E-state index is 13.5. The summed E-state index contributed by atoms with van der Waals surface area (Å²) in [5.74, 6) is -1.42. The quantitative estimate of drug-likeness (QED) is 0.212. The number of hydrogen-bond acceptors (Lipinski definition) is 7. The number of carboxylic acids is 1. The second-order valence-corrected chi connectivity index (χ2v) is 10.4. The van der Waals surface area contributed by atoms with Crippen molar-refractivity contribution in [3.63, 3.8) is 0 Å². The molecule has 3 aromatic carbocycles. The Morgan fingerprint density at radius 2 is 1.74 bits per heavy atom. The number of nitrogens with one attached hydrogen (secondary N) is 2. The van der Waals surface area contributed by atoms with E-state index in [0.29, 0.717) is 41.2 Å². The molecule has 198 valence electrons. The van der Waals surface area contributed by atoms with E-state index >= 15 is 0 Å². The van der Waals surface area contributed by atoms with E-state index in [1.54, 1.807) is 65.6 Å². The highest BCUT2D eigenvalue weighted by Crippen LogP contribution is 2.28. The van der Waals surface area contributed by atoms with Crippen molar-refractivity contribution < 1.29 is 23.1 Å². The zero-order valence-electron chi connectivity index (χ0n) is 20.4. The lowest BCUT2D eigenvalue weighted by molar-refractivity contribution is -0.139. The molecule has 38 heavy (non-hydrogen) atoms. The number of amides is 1. The fourth-order valence-corrected chi connectivity index (χ4v) is 5.23. The molecule has 0 bridgehead atoms. The summed E-state index contributed by atoms with van der Waals surface area (Å²) in [5.41, 5.74) is 8.40. The monoisotopic (exact) mass is 536 g/mol. The number of anilines is 2. The van der Waals surface area contributed by atoms with E-state index in [9.17, 15) is 23.1 Å². The summed E-state index contributed by atoms with van der Waals surface area (Å²) in [6, 6.07) is 19.4. The number of aliphatic carboxylic acids is 1. The van der Waals surface area contributed by atoms with Gasteiger partial charge in [-0.15, -0.1) is 0 Å². The minimum Gasteiger partial charge on any atom is -0.480 e. The van der Waals surface area contributed by atoms with Crippen LogP contribution in [0.2, 0.25) is 0 Å². The minimum absolute atomic E-state index is 0.000876. The molecule has 3 aromatic rings. The Morgan fingerprint density at radius 3 is 2.39 bits per heavy atom. The van der Waals surface area contributed by atoms with Gasteiger partial charge in [-0.1, -0.05) is 42.5 Å². The van der Waals surface area contributed by atoms with Crippen molar-refractivity contribution in [2.75, 3.05) is 36.4 Å². The number of amidine groups is 1. The number of nitrogens with zero attached hydrogens (tertiary/aromatic N) is 2. The first-order chi connectivity index (χ1) is 18.0. The number of carbonyl (C=O) groups is 2. The largest absolute Gasteiger partial charge is 0.480 e. The molecule has 1 aliphatic heterocycles. The number of carbonyl (C=O) groups excluding carboxylic acids is 1. The number of sulfonamides is 1. The maximum Gasteiger partial charge on any atom is 0.317 e. The summed E-state index contributed by atoms with van der Waals surface area (Å²) in [4.78, 5) is 28.3. The standard InChI is InChI=1S/C26H28N6O5S/c27-25(28)18-4-3-5-20(14-18)32-13-12-31(16-24(33)34)15-22(32)26(35)30-19-10-8-17(9-11-19)21-6-1-2-7-23(21)38(29,36)37/h1-11,14,22H,12-13,15-16H2,(H3,27,28)(H,30,35)(H,33,34)(H2,29,36,37). The molecule has 0 spiro atoms. The van der Waals surface area contributed by atoms with Crippen LogP contribution in [0.25, 0.3) is 11.1 Å². The van der Waals surface area contributed by atoms with E-state index in [4.69, 9.17) is 16.3 Å². The van der Waals surface area contributed by atoms with Crippen LogP contribution in [-0.2, 0) is 19.6 Å². The van der Waals surface area contributed by atoms with Crippen LogP contribution in [0.3, 0.4) is 0 Å². The van der Waals surface area contributed by atoms with Gasteiger partial charge in [0, 0.05) is 42.1 Å². The van der Waals surface area contributed by atoms with E-state index in [1.807, 2.05) is 11.0 Å². The van der Waals surface area contributed by atoms with Crippen molar-refractivity contribution >= 4 is 39.1 Å². The lowest BCUT2D eigenvalue weighted by atomic mass is 10.0. The Morgan fingerprint density at radius 1 is 1.03 bits per heavy atom. The average Bonchev–Trinajstić information content (AvgIpc) is 2.88. The third-order valence-electron chi connectivity index (χ3n) is 6.27. The molecule has 7 N–H and O–H groups in total. The van der Waals surface area contributed by atoms with Crippen molar-refractivity contribution in [2.45, 2.75) is 10.9 Å². The topological polar surface area (TPSA) is 183 Å². The number of hydrogen-bond donors (Lipinski definition) is 5. The molecule has 12 heteroatoms. The van der Waals surface area contributed by atoms with Gasteiger partial charge in [-0.25, -0.2) is 13.6 Å². The van der Waals surface area contributed by atoms with Gasteiger partial charge in [-0.05, 0) is 35.9 Å². The molecule has 1 atom stereocenters. The molecule has 11 nitrogen and oxygen atoms in total. The molecule has 0 radical (unpaired) electrons. The number of primary sulfonamides is 1. The minimum atomic E-state index is -3.92. The molecule has 1 fully saturated rings. The Hall–Kier alpha value is -4.26. The van der Waals surface area contributed by atoms with Crippen LogP contribution >= 0.6 is 0 Å². The van der Waals surface area contributed by atoms with Gasteiger partial charge in [-0.2, -0.15) is 0 Å². The number of carboxylic acid groups (broad SMARTS) is 1. The first-order valence-electron chi connectivity index (χ1n) is 11.7. The molecule has 4 rings (SSSR count). The van der Waals surface area contributed by atoms with Gasteiger partial charge >= 0.3 is 5.97 Å². The van der Waals surface area contributed by atoms with Crippen LogP contribution < -0.4 is 21.1 Å². The lowest BCUT2D eigenvalue weighted by Gasteiger charge is -2.41. The van der Waals surface area contributed by atoms with E-state index in [1.165, 1.54) is 6.07 Å². The molecule has 0 saturated carbocycles. The van der Waals surface area contributed by atoms with Gasteiger partial charge in [0.2, 0.25) is 15.9 Å². The van der Waals surface area contributed by atoms with Crippen LogP contribution in [0.4, 0.5) is 11.4 Å². The van der Waals surface area contributed by atoms with Crippen molar-refractivity contribution in [1.29, 1.82) is 5.41 Å². The van der Waals surface area contributed by atoms with Crippen LogP contribution in [0, 0.1) is 5.41 Å². The van der Waals surface area contributed by atoms with Crippen LogP contribution in [0.1, 0.15) is 5.56 Å². The Kier molecular flexibility index (Phi) is 7.76. The molecule has 1 amide bonds. The molecule has 1 heterocycles. The summed E-state index contributed by atoms with van der Waals surface area (Å²) in [6.45, 7) is 0.833. The highest BCUT2D eigenvalue weighted by atomic mass is 32.2. The van der Waals surface area contributed by atoms with Gasteiger partial charge in [0.25, 0.3) is 0 Å². The molecular formula is C26H28N6O5S. The van der Waals surface area contributed by atoms with Gasteiger partial charge in [0.05, 0.1) is 11.4 Å². The predicted molar refractivity (Wildman–Crippen MR) is 145 cm³/mol. The Labute approximate surface area is 220 Å². The van der Waals surface area contributed by atoms with Crippen molar-refractivity contribution in [3.8, 4) is 11.1 Å². The molecule has 1 unspecified atom stereocenters. The van der Waals surface area contributed by atoms with Crippen LogP contribution in [0.5, 0.6) is 0 Å². The van der Waals surface area contributed by atoms with Crippen LogP contribution in [0.15, 0.2) is 77.7 Å². The summed E-state index contributed by atoms with van der Waals surface area (Å²) in [7, 11) is -3.92. The zero-order valence-corrected chi connectivity index (χ0v) is 21.2. The normalized spacial score (nSPS) is 16.1. The number of nitrogen functional groups attached to an aromatic ring is 1. The van der Waals surface area contributed by atoms with Crippen molar-refractivity contribution in [1.82, 2.24) is 4.90 Å². The zero-order chi connectivity index (χ0) is 27.4. The maximum atomic E-state index is 13.5.